The zero-order valence-electron chi connectivity index (χ0n) is 11.1. The first-order chi connectivity index (χ1) is 7.88. The Hall–Kier alpha value is -1.35. The van der Waals surface area contributed by atoms with E-state index in [0.717, 1.165) is 5.56 Å². The quantitative estimate of drug-likeness (QED) is 0.591. The summed E-state index contributed by atoms with van der Waals surface area (Å²) in [7, 11) is 0.551. The molecule has 0 spiro atoms. The van der Waals surface area contributed by atoms with Gasteiger partial charge in [0.05, 0.1) is 8.07 Å². The maximum atomic E-state index is 11.9. The maximum Gasteiger partial charge on any atom is 0.245 e. The van der Waals surface area contributed by atoms with Crippen LogP contribution in [-0.2, 0) is 11.3 Å². The minimum absolute atomic E-state index is 0.0799. The summed E-state index contributed by atoms with van der Waals surface area (Å²) in [6.07, 6.45) is 1.72. The van der Waals surface area contributed by atoms with Gasteiger partial charge < -0.3 is 4.90 Å². The highest BCUT2D eigenvalue weighted by molar-refractivity contribution is 6.81. The van der Waals surface area contributed by atoms with E-state index < -0.39 is 8.07 Å². The lowest BCUT2D eigenvalue weighted by Gasteiger charge is -2.16. The summed E-state index contributed by atoms with van der Waals surface area (Å²) in [5.41, 5.74) is 3.24. The molecule has 92 valence electrons. The third-order valence-corrected chi connectivity index (χ3v) is 3.53. The van der Waals surface area contributed by atoms with E-state index in [4.69, 9.17) is 0 Å². The standard InChI is InChI=1S/C14H21NOSi/c1-15(12-13-8-6-5-7-9-13)14(16)10-11-17(2,3)4/h5-11H,12H2,1-4H3/b11-10+. The van der Waals surface area contributed by atoms with Crippen molar-refractivity contribution in [2.24, 2.45) is 0 Å². The van der Waals surface area contributed by atoms with Crippen LogP contribution in [0.25, 0.3) is 0 Å². The summed E-state index contributed by atoms with van der Waals surface area (Å²) in [5, 5.41) is 0. The Balaban J connectivity index is 2.57. The molecule has 0 unspecified atom stereocenters. The van der Waals surface area contributed by atoms with E-state index in [2.05, 4.69) is 25.3 Å². The maximum absolute atomic E-state index is 11.9. The average Bonchev–Trinajstić information content (AvgIpc) is 2.26. The first-order valence-electron chi connectivity index (χ1n) is 5.87. The van der Waals surface area contributed by atoms with Crippen molar-refractivity contribution in [3.63, 3.8) is 0 Å². The Bertz CT molecular complexity index is 392. The second kappa shape index (κ2) is 5.82. The van der Waals surface area contributed by atoms with E-state index >= 15 is 0 Å². The number of likely N-dealkylation sites (N-methyl/N-ethyl adjacent to an activating group) is 1. The molecule has 0 aliphatic rings. The van der Waals surface area contributed by atoms with E-state index in [-0.39, 0.29) is 5.91 Å². The van der Waals surface area contributed by atoms with Crippen molar-refractivity contribution < 1.29 is 4.79 Å². The van der Waals surface area contributed by atoms with Crippen molar-refractivity contribution in [1.82, 2.24) is 4.90 Å². The minimum atomic E-state index is -1.29. The number of carbonyl (C=O) groups is 1. The highest BCUT2D eigenvalue weighted by Gasteiger charge is 2.10. The molecule has 0 atom stereocenters. The van der Waals surface area contributed by atoms with Crippen LogP contribution in [0.15, 0.2) is 42.1 Å². The molecule has 0 heterocycles. The topological polar surface area (TPSA) is 20.3 Å². The predicted molar refractivity (Wildman–Crippen MR) is 75.4 cm³/mol. The van der Waals surface area contributed by atoms with E-state index in [1.54, 1.807) is 11.0 Å². The smallest absolute Gasteiger partial charge is 0.245 e. The molecule has 1 aromatic carbocycles. The van der Waals surface area contributed by atoms with Crippen LogP contribution in [0.4, 0.5) is 0 Å². The molecule has 2 nitrogen and oxygen atoms in total. The molecule has 0 bridgehead atoms. The van der Waals surface area contributed by atoms with E-state index in [9.17, 15) is 4.79 Å². The van der Waals surface area contributed by atoms with Gasteiger partial charge in [0.1, 0.15) is 0 Å². The van der Waals surface area contributed by atoms with Crippen molar-refractivity contribution in [3.8, 4) is 0 Å². The Labute approximate surface area is 105 Å². The van der Waals surface area contributed by atoms with Gasteiger partial charge >= 0.3 is 0 Å². The van der Waals surface area contributed by atoms with Crippen LogP contribution < -0.4 is 0 Å². The van der Waals surface area contributed by atoms with Crippen LogP contribution in [0.1, 0.15) is 5.56 Å². The molecule has 0 fully saturated rings. The summed E-state index contributed by atoms with van der Waals surface area (Å²) in [6.45, 7) is 7.31. The molecule has 0 aliphatic carbocycles. The lowest BCUT2D eigenvalue weighted by molar-refractivity contribution is -0.125. The van der Waals surface area contributed by atoms with Crippen molar-refractivity contribution >= 4 is 14.0 Å². The first-order valence-corrected chi connectivity index (χ1v) is 9.44. The molecule has 0 N–H and O–H groups in total. The average molecular weight is 247 g/mol. The fraction of sp³-hybridized carbons (Fsp3) is 0.357. The van der Waals surface area contributed by atoms with Crippen molar-refractivity contribution in [3.05, 3.63) is 47.7 Å². The summed E-state index contributed by atoms with van der Waals surface area (Å²) in [5.74, 6) is 0.0799. The van der Waals surface area contributed by atoms with Crippen molar-refractivity contribution in [2.45, 2.75) is 26.2 Å². The van der Waals surface area contributed by atoms with Gasteiger partial charge in [0.2, 0.25) is 5.91 Å². The molecule has 1 aromatic rings. The number of nitrogens with zero attached hydrogens (tertiary/aromatic N) is 1. The van der Waals surface area contributed by atoms with Crippen LogP contribution in [0.2, 0.25) is 19.6 Å². The normalized spacial score (nSPS) is 11.8. The molecule has 1 rings (SSSR count). The summed E-state index contributed by atoms with van der Waals surface area (Å²) in [6, 6.07) is 10.0. The fourth-order valence-electron chi connectivity index (χ4n) is 1.38. The SMILES string of the molecule is CN(Cc1ccccc1)C(=O)/C=C/[Si](C)(C)C. The summed E-state index contributed by atoms with van der Waals surface area (Å²) in [4.78, 5) is 13.6. The summed E-state index contributed by atoms with van der Waals surface area (Å²) >= 11 is 0. The van der Waals surface area contributed by atoms with E-state index in [1.165, 1.54) is 0 Å². The minimum Gasteiger partial charge on any atom is -0.338 e. The Morgan fingerprint density at radius 1 is 1.24 bits per heavy atom. The van der Waals surface area contributed by atoms with Crippen LogP contribution in [0, 0.1) is 0 Å². The van der Waals surface area contributed by atoms with E-state index in [1.807, 2.05) is 37.4 Å². The Morgan fingerprint density at radius 3 is 2.35 bits per heavy atom. The highest BCUT2D eigenvalue weighted by Crippen LogP contribution is 2.05. The van der Waals surface area contributed by atoms with Gasteiger partial charge in [-0.3, -0.25) is 4.79 Å². The van der Waals surface area contributed by atoms with Gasteiger partial charge in [-0.15, -0.1) is 0 Å². The van der Waals surface area contributed by atoms with Crippen molar-refractivity contribution in [2.75, 3.05) is 7.05 Å². The molecule has 3 heteroatoms. The van der Waals surface area contributed by atoms with Crippen LogP contribution in [-0.4, -0.2) is 25.9 Å². The number of hydrogen-bond donors (Lipinski definition) is 0. The summed E-state index contributed by atoms with van der Waals surface area (Å²) < 4.78 is 0. The van der Waals surface area contributed by atoms with Gasteiger partial charge in [-0.25, -0.2) is 0 Å². The van der Waals surface area contributed by atoms with Crippen LogP contribution in [0.5, 0.6) is 0 Å². The van der Waals surface area contributed by atoms with Gasteiger partial charge in [-0.1, -0.05) is 55.7 Å². The molecule has 17 heavy (non-hydrogen) atoms. The second-order valence-electron chi connectivity index (χ2n) is 5.38. The molecule has 0 saturated heterocycles. The third-order valence-electron chi connectivity index (χ3n) is 2.36. The first kappa shape index (κ1) is 13.7. The monoisotopic (exact) mass is 247 g/mol. The zero-order valence-corrected chi connectivity index (χ0v) is 12.1. The molecule has 0 aromatic heterocycles. The molecule has 0 aliphatic heterocycles. The second-order valence-corrected chi connectivity index (χ2v) is 10.4. The van der Waals surface area contributed by atoms with Crippen molar-refractivity contribution in [1.29, 1.82) is 0 Å². The van der Waals surface area contributed by atoms with Gasteiger partial charge in [-0.2, -0.15) is 0 Å². The van der Waals surface area contributed by atoms with Gasteiger partial charge in [-0.05, 0) is 11.6 Å². The fourth-order valence-corrected chi connectivity index (χ4v) is 2.03. The number of amides is 1. The number of benzene rings is 1. The number of rotatable bonds is 4. The number of hydrogen-bond acceptors (Lipinski definition) is 1. The lowest BCUT2D eigenvalue weighted by atomic mass is 10.2. The lowest BCUT2D eigenvalue weighted by Crippen LogP contribution is -2.25. The van der Waals surface area contributed by atoms with Crippen LogP contribution >= 0.6 is 0 Å². The molecule has 0 saturated carbocycles. The zero-order chi connectivity index (χ0) is 12.9. The largest absolute Gasteiger partial charge is 0.338 e. The van der Waals surface area contributed by atoms with Gasteiger partial charge in [0.15, 0.2) is 0 Å². The van der Waals surface area contributed by atoms with Gasteiger partial charge in [0.25, 0.3) is 0 Å². The van der Waals surface area contributed by atoms with Crippen LogP contribution in [0.3, 0.4) is 0 Å². The molecule has 1 amide bonds. The predicted octanol–water partition coefficient (Wildman–Crippen LogP) is 3.08. The Morgan fingerprint density at radius 2 is 1.82 bits per heavy atom. The number of carbonyl (C=O) groups excluding carboxylic acids is 1. The Kier molecular flexibility index (Phi) is 4.69. The highest BCUT2D eigenvalue weighted by atomic mass is 28.3. The molecular weight excluding hydrogens is 226 g/mol. The molecular formula is C14H21NOSi. The van der Waals surface area contributed by atoms with E-state index in [0.29, 0.717) is 6.54 Å². The van der Waals surface area contributed by atoms with Gasteiger partial charge in [0, 0.05) is 13.6 Å². The third kappa shape index (κ3) is 5.50. The molecule has 0 radical (unpaired) electrons.